The zero-order chi connectivity index (χ0) is 10.3. The lowest BCUT2D eigenvalue weighted by molar-refractivity contribution is 0.587. The average Bonchev–Trinajstić information content (AvgIpc) is 2.14. The highest BCUT2D eigenvalue weighted by molar-refractivity contribution is 7.89. The SMILES string of the molecule is CC1=C(C)c2ccccc2S(=O)(=O)N1. The third kappa shape index (κ3) is 1.23. The molecule has 3 nitrogen and oxygen atoms in total. The number of allylic oxidation sites excluding steroid dienone is 2. The first kappa shape index (κ1) is 9.27. The van der Waals surface area contributed by atoms with Gasteiger partial charge in [-0.1, -0.05) is 18.2 Å². The summed E-state index contributed by atoms with van der Waals surface area (Å²) in [4.78, 5) is 0.364. The summed E-state index contributed by atoms with van der Waals surface area (Å²) in [6.07, 6.45) is 0. The van der Waals surface area contributed by atoms with Crippen LogP contribution in [0.5, 0.6) is 0 Å². The molecule has 2 rings (SSSR count). The molecule has 74 valence electrons. The largest absolute Gasteiger partial charge is 0.283 e. The Bertz CT molecular complexity index is 515. The van der Waals surface area contributed by atoms with Crippen molar-refractivity contribution in [3.8, 4) is 0 Å². The molecule has 1 aliphatic heterocycles. The molecule has 1 N–H and O–H groups in total. The van der Waals surface area contributed by atoms with Gasteiger partial charge < -0.3 is 0 Å². The molecular formula is C10H11NO2S. The van der Waals surface area contributed by atoms with Crippen LogP contribution in [0.25, 0.3) is 5.57 Å². The predicted molar refractivity (Wildman–Crippen MR) is 55.0 cm³/mol. The van der Waals surface area contributed by atoms with Crippen molar-refractivity contribution >= 4 is 15.6 Å². The molecule has 0 saturated heterocycles. The van der Waals surface area contributed by atoms with Crippen molar-refractivity contribution in [2.75, 3.05) is 0 Å². The second-order valence-electron chi connectivity index (χ2n) is 3.35. The van der Waals surface area contributed by atoms with Gasteiger partial charge in [0, 0.05) is 5.70 Å². The monoisotopic (exact) mass is 209 g/mol. The van der Waals surface area contributed by atoms with Crippen LogP contribution in [0.2, 0.25) is 0 Å². The molecule has 0 saturated carbocycles. The van der Waals surface area contributed by atoms with Gasteiger partial charge in [0.1, 0.15) is 0 Å². The summed E-state index contributed by atoms with van der Waals surface area (Å²) in [7, 11) is -3.33. The van der Waals surface area contributed by atoms with Gasteiger partial charge in [-0.2, -0.15) is 0 Å². The summed E-state index contributed by atoms with van der Waals surface area (Å²) in [6, 6.07) is 7.02. The second kappa shape index (κ2) is 2.85. The fraction of sp³-hybridized carbons (Fsp3) is 0.200. The molecule has 14 heavy (non-hydrogen) atoms. The van der Waals surface area contributed by atoms with Crippen LogP contribution in [0.4, 0.5) is 0 Å². The van der Waals surface area contributed by atoms with E-state index in [4.69, 9.17) is 0 Å². The number of hydrogen-bond donors (Lipinski definition) is 1. The standard InChI is InChI=1S/C10H11NO2S/c1-7-8(2)11-14(12,13)10-6-4-3-5-9(7)10/h3-6,11H,1-2H3. The molecule has 0 atom stereocenters. The predicted octanol–water partition coefficient (Wildman–Crippen LogP) is 1.73. The molecule has 1 aromatic carbocycles. The molecule has 0 aliphatic carbocycles. The van der Waals surface area contributed by atoms with Crippen LogP contribution in [-0.2, 0) is 10.0 Å². The van der Waals surface area contributed by atoms with E-state index in [2.05, 4.69) is 4.72 Å². The smallest absolute Gasteiger partial charge is 0.262 e. The maximum atomic E-state index is 11.7. The normalized spacial score (nSPS) is 18.7. The lowest BCUT2D eigenvalue weighted by atomic mass is 10.1. The highest BCUT2D eigenvalue weighted by Crippen LogP contribution is 2.29. The number of fused-ring (bicyclic) bond motifs is 1. The Kier molecular flexibility index (Phi) is 1.89. The van der Waals surface area contributed by atoms with Crippen molar-refractivity contribution in [2.45, 2.75) is 18.7 Å². The molecule has 0 spiro atoms. The first-order chi connectivity index (χ1) is 6.52. The van der Waals surface area contributed by atoms with Crippen LogP contribution in [0.3, 0.4) is 0 Å². The van der Waals surface area contributed by atoms with Crippen molar-refractivity contribution in [1.29, 1.82) is 0 Å². The molecular weight excluding hydrogens is 198 g/mol. The zero-order valence-electron chi connectivity index (χ0n) is 8.03. The van der Waals surface area contributed by atoms with Crippen molar-refractivity contribution in [3.05, 3.63) is 35.5 Å². The van der Waals surface area contributed by atoms with Crippen molar-refractivity contribution in [2.24, 2.45) is 0 Å². The van der Waals surface area contributed by atoms with Crippen LogP contribution in [0, 0.1) is 0 Å². The van der Waals surface area contributed by atoms with Gasteiger partial charge in [-0.05, 0) is 31.1 Å². The maximum Gasteiger partial charge on any atom is 0.262 e. The Labute approximate surface area is 83.5 Å². The number of hydrogen-bond acceptors (Lipinski definition) is 2. The Balaban J connectivity index is 2.82. The Hall–Kier alpha value is -1.29. The number of benzene rings is 1. The van der Waals surface area contributed by atoms with Crippen LogP contribution in [-0.4, -0.2) is 8.42 Å². The summed E-state index contributed by atoms with van der Waals surface area (Å²) in [5, 5.41) is 0. The molecule has 0 aromatic heterocycles. The van der Waals surface area contributed by atoms with Crippen LogP contribution in [0.1, 0.15) is 19.4 Å². The molecule has 1 aromatic rings. The van der Waals surface area contributed by atoms with Crippen molar-refractivity contribution in [1.82, 2.24) is 4.72 Å². The fourth-order valence-electron chi connectivity index (χ4n) is 1.55. The third-order valence-electron chi connectivity index (χ3n) is 2.43. The molecule has 0 fully saturated rings. The fourth-order valence-corrected chi connectivity index (χ4v) is 2.98. The third-order valence-corrected chi connectivity index (χ3v) is 3.94. The quantitative estimate of drug-likeness (QED) is 0.707. The Morgan fingerprint density at radius 1 is 1.14 bits per heavy atom. The Morgan fingerprint density at radius 3 is 2.50 bits per heavy atom. The minimum absolute atomic E-state index is 0.364. The van der Waals surface area contributed by atoms with E-state index < -0.39 is 10.0 Å². The topological polar surface area (TPSA) is 46.2 Å². The van der Waals surface area contributed by atoms with Gasteiger partial charge in [0.25, 0.3) is 10.0 Å². The average molecular weight is 209 g/mol. The summed E-state index contributed by atoms with van der Waals surface area (Å²) in [5.74, 6) is 0. The van der Waals surface area contributed by atoms with Gasteiger partial charge in [0.15, 0.2) is 0 Å². The molecule has 1 aliphatic rings. The zero-order valence-corrected chi connectivity index (χ0v) is 8.85. The van der Waals surface area contributed by atoms with Crippen LogP contribution >= 0.6 is 0 Å². The first-order valence-electron chi connectivity index (χ1n) is 4.32. The summed E-state index contributed by atoms with van der Waals surface area (Å²) < 4.78 is 25.9. The van der Waals surface area contributed by atoms with Gasteiger partial charge in [-0.15, -0.1) is 0 Å². The van der Waals surface area contributed by atoms with Gasteiger partial charge in [0.2, 0.25) is 0 Å². The lowest BCUT2D eigenvalue weighted by Gasteiger charge is -2.20. The summed E-state index contributed by atoms with van der Waals surface area (Å²) in [6.45, 7) is 3.68. The second-order valence-corrected chi connectivity index (χ2v) is 5.00. The van der Waals surface area contributed by atoms with Gasteiger partial charge in [0.05, 0.1) is 4.90 Å². The molecule has 0 unspecified atom stereocenters. The number of nitrogens with one attached hydrogen (secondary N) is 1. The summed E-state index contributed by atoms with van der Waals surface area (Å²) >= 11 is 0. The Morgan fingerprint density at radius 2 is 1.79 bits per heavy atom. The lowest BCUT2D eigenvalue weighted by Crippen LogP contribution is -2.27. The van der Waals surface area contributed by atoms with Crippen molar-refractivity contribution < 1.29 is 8.42 Å². The van der Waals surface area contributed by atoms with E-state index >= 15 is 0 Å². The van der Waals surface area contributed by atoms with E-state index in [1.165, 1.54) is 0 Å². The van der Waals surface area contributed by atoms with E-state index in [1.54, 1.807) is 19.1 Å². The minimum atomic E-state index is -3.33. The molecule has 4 heteroatoms. The molecule has 0 radical (unpaired) electrons. The van der Waals surface area contributed by atoms with Crippen molar-refractivity contribution in [3.63, 3.8) is 0 Å². The highest BCUT2D eigenvalue weighted by Gasteiger charge is 2.24. The molecule has 1 heterocycles. The van der Waals surface area contributed by atoms with E-state index in [1.807, 2.05) is 19.1 Å². The highest BCUT2D eigenvalue weighted by atomic mass is 32.2. The van der Waals surface area contributed by atoms with Crippen LogP contribution < -0.4 is 4.72 Å². The van der Waals surface area contributed by atoms with E-state index in [0.29, 0.717) is 10.6 Å². The maximum absolute atomic E-state index is 11.7. The van der Waals surface area contributed by atoms with Crippen LogP contribution in [0.15, 0.2) is 34.9 Å². The molecule has 0 amide bonds. The minimum Gasteiger partial charge on any atom is -0.283 e. The van der Waals surface area contributed by atoms with Gasteiger partial charge >= 0.3 is 0 Å². The van der Waals surface area contributed by atoms with E-state index in [0.717, 1.165) is 11.1 Å². The summed E-state index contributed by atoms with van der Waals surface area (Å²) in [5.41, 5.74) is 2.47. The molecule has 0 bridgehead atoms. The number of sulfonamides is 1. The van der Waals surface area contributed by atoms with E-state index in [-0.39, 0.29) is 0 Å². The van der Waals surface area contributed by atoms with Gasteiger partial charge in [-0.25, -0.2) is 8.42 Å². The van der Waals surface area contributed by atoms with Gasteiger partial charge in [-0.3, -0.25) is 4.72 Å². The number of rotatable bonds is 0. The van der Waals surface area contributed by atoms with E-state index in [9.17, 15) is 8.42 Å². The first-order valence-corrected chi connectivity index (χ1v) is 5.80.